The Labute approximate surface area is 70.3 Å². The number of nitrogens with one attached hydrogen (secondary N) is 2. The first-order valence-electron chi connectivity index (χ1n) is 3.35. The number of rotatable bonds is 3. The SMILES string of the molecule is CS(=O)(=O)NCC1COC(=O)N1. The van der Waals surface area contributed by atoms with Gasteiger partial charge in [0.1, 0.15) is 6.61 Å². The Bertz CT molecular complexity index is 273. The Morgan fingerprint density at radius 3 is 2.83 bits per heavy atom. The van der Waals surface area contributed by atoms with E-state index in [0.29, 0.717) is 0 Å². The molecule has 12 heavy (non-hydrogen) atoms. The predicted molar refractivity (Wildman–Crippen MR) is 41.1 cm³/mol. The summed E-state index contributed by atoms with van der Waals surface area (Å²) in [6.45, 7) is 0.381. The number of ether oxygens (including phenoxy) is 1. The molecule has 0 bridgehead atoms. The highest BCUT2D eigenvalue weighted by molar-refractivity contribution is 7.88. The average Bonchev–Trinajstić information content (AvgIpc) is 2.30. The maximum absolute atomic E-state index is 10.6. The van der Waals surface area contributed by atoms with Gasteiger partial charge in [-0.15, -0.1) is 0 Å². The van der Waals surface area contributed by atoms with Crippen LogP contribution in [0.25, 0.3) is 0 Å². The topological polar surface area (TPSA) is 84.5 Å². The molecule has 1 saturated heterocycles. The van der Waals surface area contributed by atoms with Crippen LogP contribution in [0.4, 0.5) is 4.79 Å². The Balaban J connectivity index is 2.30. The van der Waals surface area contributed by atoms with Crippen LogP contribution in [-0.4, -0.2) is 40.0 Å². The van der Waals surface area contributed by atoms with Crippen molar-refractivity contribution in [1.29, 1.82) is 0 Å². The van der Waals surface area contributed by atoms with Crippen molar-refractivity contribution < 1.29 is 17.9 Å². The van der Waals surface area contributed by atoms with E-state index in [-0.39, 0.29) is 19.2 Å². The lowest BCUT2D eigenvalue weighted by Crippen LogP contribution is -2.38. The van der Waals surface area contributed by atoms with Crippen molar-refractivity contribution in [2.45, 2.75) is 6.04 Å². The molecule has 7 heteroatoms. The second kappa shape index (κ2) is 3.28. The summed E-state index contributed by atoms with van der Waals surface area (Å²) in [7, 11) is -3.19. The molecule has 6 nitrogen and oxygen atoms in total. The van der Waals surface area contributed by atoms with Crippen LogP contribution in [0, 0.1) is 0 Å². The first-order chi connectivity index (χ1) is 5.47. The Hall–Kier alpha value is -0.820. The summed E-state index contributed by atoms with van der Waals surface area (Å²) in [4.78, 5) is 10.5. The smallest absolute Gasteiger partial charge is 0.407 e. The standard InChI is InChI=1S/C5H10N2O4S/c1-12(9,10)6-2-4-3-11-5(8)7-4/h4,6H,2-3H2,1H3,(H,7,8). The molecule has 2 N–H and O–H groups in total. The molecule has 70 valence electrons. The fourth-order valence-electron chi connectivity index (χ4n) is 0.788. The van der Waals surface area contributed by atoms with Crippen LogP contribution in [0.5, 0.6) is 0 Å². The summed E-state index contributed by atoms with van der Waals surface area (Å²) in [6.07, 6.45) is 0.556. The average molecular weight is 194 g/mol. The molecule has 0 spiro atoms. The second-order valence-electron chi connectivity index (χ2n) is 2.56. The summed E-state index contributed by atoms with van der Waals surface area (Å²) in [5.41, 5.74) is 0. The second-order valence-corrected chi connectivity index (χ2v) is 4.39. The molecule has 1 rings (SSSR count). The minimum Gasteiger partial charge on any atom is -0.447 e. The fraction of sp³-hybridized carbons (Fsp3) is 0.800. The van der Waals surface area contributed by atoms with Gasteiger partial charge in [0.15, 0.2) is 0 Å². The third-order valence-corrected chi connectivity index (χ3v) is 2.02. The number of cyclic esters (lactones) is 1. The fourth-order valence-corrected chi connectivity index (χ4v) is 1.29. The van der Waals surface area contributed by atoms with Gasteiger partial charge in [0.25, 0.3) is 0 Å². The number of sulfonamides is 1. The lowest BCUT2D eigenvalue weighted by Gasteiger charge is -2.06. The van der Waals surface area contributed by atoms with E-state index in [1.807, 2.05) is 0 Å². The van der Waals surface area contributed by atoms with E-state index in [4.69, 9.17) is 0 Å². The summed E-state index contributed by atoms with van der Waals surface area (Å²) >= 11 is 0. The highest BCUT2D eigenvalue weighted by Gasteiger charge is 2.22. The minimum atomic E-state index is -3.19. The molecule has 1 atom stereocenters. The minimum absolute atomic E-state index is 0.171. The van der Waals surface area contributed by atoms with Gasteiger partial charge in [-0.2, -0.15) is 0 Å². The van der Waals surface area contributed by atoms with Crippen LogP contribution in [0.15, 0.2) is 0 Å². The number of hydrogen-bond donors (Lipinski definition) is 2. The normalized spacial score (nSPS) is 23.4. The van der Waals surface area contributed by atoms with E-state index in [2.05, 4.69) is 14.8 Å². The van der Waals surface area contributed by atoms with Crippen LogP contribution in [0.2, 0.25) is 0 Å². The molecule has 0 aromatic carbocycles. The van der Waals surface area contributed by atoms with Crippen molar-refractivity contribution in [1.82, 2.24) is 10.0 Å². The zero-order chi connectivity index (χ0) is 9.19. The largest absolute Gasteiger partial charge is 0.447 e. The van der Waals surface area contributed by atoms with Gasteiger partial charge in [-0.1, -0.05) is 0 Å². The first-order valence-corrected chi connectivity index (χ1v) is 5.24. The van der Waals surface area contributed by atoms with Crippen molar-refractivity contribution in [2.75, 3.05) is 19.4 Å². The maximum Gasteiger partial charge on any atom is 0.407 e. The van der Waals surface area contributed by atoms with Crippen molar-refractivity contribution in [3.05, 3.63) is 0 Å². The van der Waals surface area contributed by atoms with Crippen LogP contribution < -0.4 is 10.0 Å². The highest BCUT2D eigenvalue weighted by Crippen LogP contribution is 1.95. The lowest BCUT2D eigenvalue weighted by atomic mass is 10.3. The van der Waals surface area contributed by atoms with Crippen LogP contribution in [0.3, 0.4) is 0 Å². The van der Waals surface area contributed by atoms with Crippen LogP contribution in [-0.2, 0) is 14.8 Å². The van der Waals surface area contributed by atoms with E-state index in [9.17, 15) is 13.2 Å². The van der Waals surface area contributed by atoms with E-state index in [0.717, 1.165) is 6.26 Å². The van der Waals surface area contributed by atoms with Gasteiger partial charge in [0.05, 0.1) is 12.3 Å². The lowest BCUT2D eigenvalue weighted by molar-refractivity contribution is 0.177. The van der Waals surface area contributed by atoms with E-state index >= 15 is 0 Å². The van der Waals surface area contributed by atoms with Gasteiger partial charge >= 0.3 is 6.09 Å². The summed E-state index contributed by atoms with van der Waals surface area (Å²) in [5.74, 6) is 0. The predicted octanol–water partition coefficient (Wildman–Crippen LogP) is -1.36. The highest BCUT2D eigenvalue weighted by atomic mass is 32.2. The molecule has 0 aromatic heterocycles. The molecule has 0 radical (unpaired) electrons. The quantitative estimate of drug-likeness (QED) is 0.581. The molecule has 1 aliphatic heterocycles. The van der Waals surface area contributed by atoms with E-state index in [1.54, 1.807) is 0 Å². The van der Waals surface area contributed by atoms with Crippen molar-refractivity contribution in [2.24, 2.45) is 0 Å². The molecule has 1 aliphatic rings. The summed E-state index contributed by atoms with van der Waals surface area (Å²) < 4.78 is 28.0. The van der Waals surface area contributed by atoms with E-state index < -0.39 is 16.1 Å². The molecule has 0 saturated carbocycles. The molecule has 0 aromatic rings. The van der Waals surface area contributed by atoms with Gasteiger partial charge in [-0.05, 0) is 0 Å². The molecule has 0 aliphatic carbocycles. The molecule has 1 heterocycles. The Morgan fingerprint density at radius 2 is 2.42 bits per heavy atom. The van der Waals surface area contributed by atoms with Crippen molar-refractivity contribution in [3.63, 3.8) is 0 Å². The third-order valence-electron chi connectivity index (χ3n) is 1.33. The van der Waals surface area contributed by atoms with Crippen molar-refractivity contribution in [3.8, 4) is 0 Å². The number of carbonyl (C=O) groups excluding carboxylic acids is 1. The molecule has 1 unspecified atom stereocenters. The number of amides is 1. The molecule has 1 fully saturated rings. The molecular formula is C5H10N2O4S. The van der Waals surface area contributed by atoms with Gasteiger partial charge in [-0.3, -0.25) is 0 Å². The molecule has 1 amide bonds. The van der Waals surface area contributed by atoms with Crippen molar-refractivity contribution >= 4 is 16.1 Å². The summed E-state index contributed by atoms with van der Waals surface area (Å²) in [5, 5.41) is 2.44. The Morgan fingerprint density at radius 1 is 1.75 bits per heavy atom. The Kier molecular flexibility index (Phi) is 2.53. The number of carbonyl (C=O) groups is 1. The van der Waals surface area contributed by atoms with Crippen LogP contribution >= 0.6 is 0 Å². The van der Waals surface area contributed by atoms with Gasteiger partial charge in [-0.25, -0.2) is 17.9 Å². The maximum atomic E-state index is 10.6. The van der Waals surface area contributed by atoms with E-state index in [1.165, 1.54) is 0 Å². The third kappa shape index (κ3) is 3.05. The van der Waals surface area contributed by atoms with Gasteiger partial charge < -0.3 is 10.1 Å². The number of alkyl carbamates (subject to hydrolysis) is 1. The zero-order valence-electron chi connectivity index (χ0n) is 6.53. The molecular weight excluding hydrogens is 184 g/mol. The monoisotopic (exact) mass is 194 g/mol. The van der Waals surface area contributed by atoms with Gasteiger partial charge in [0, 0.05) is 6.54 Å². The first kappa shape index (κ1) is 9.27. The number of hydrogen-bond acceptors (Lipinski definition) is 4. The summed E-state index contributed by atoms with van der Waals surface area (Å²) in [6, 6.07) is -0.257. The zero-order valence-corrected chi connectivity index (χ0v) is 7.35. The van der Waals surface area contributed by atoms with Gasteiger partial charge in [0.2, 0.25) is 10.0 Å². The van der Waals surface area contributed by atoms with Crippen LogP contribution in [0.1, 0.15) is 0 Å².